The minimum absolute atomic E-state index is 0.575. The van der Waals surface area contributed by atoms with Crippen molar-refractivity contribution in [3.05, 3.63) is 47.0 Å². The summed E-state index contributed by atoms with van der Waals surface area (Å²) >= 11 is 0. The Morgan fingerprint density at radius 1 is 0.632 bits per heavy atom. The maximum absolute atomic E-state index is 2.40. The van der Waals surface area contributed by atoms with Gasteiger partial charge in [0, 0.05) is 0 Å². The van der Waals surface area contributed by atoms with Gasteiger partial charge in [0.25, 0.3) is 0 Å². The summed E-state index contributed by atoms with van der Waals surface area (Å²) in [4.78, 5) is 0. The Bertz CT molecular complexity index is 569. The Morgan fingerprint density at radius 3 is 1.74 bits per heavy atom. The Hall–Kier alpha value is -1.30. The molecule has 2 rings (SSSR count). The van der Waals surface area contributed by atoms with Gasteiger partial charge in [0.15, 0.2) is 0 Å². The van der Waals surface area contributed by atoms with Crippen LogP contribution in [0, 0.1) is 0 Å². The fourth-order valence-electron chi connectivity index (χ4n) is 2.61. The molecule has 0 aliphatic heterocycles. The zero-order chi connectivity index (χ0) is 14.2. The lowest BCUT2D eigenvalue weighted by Crippen LogP contribution is -1.96. The van der Waals surface area contributed by atoms with E-state index in [1.807, 2.05) is 0 Å². The normalized spacial score (nSPS) is 12.1. The van der Waals surface area contributed by atoms with Gasteiger partial charge in [0.2, 0.25) is 0 Å². The molecule has 0 aliphatic rings. The quantitative estimate of drug-likeness (QED) is 0.611. The van der Waals surface area contributed by atoms with Gasteiger partial charge in [-0.15, -0.1) is 0 Å². The molecule has 0 bridgehead atoms. The molecule has 0 amide bonds. The van der Waals surface area contributed by atoms with E-state index in [4.69, 9.17) is 0 Å². The van der Waals surface area contributed by atoms with Gasteiger partial charge in [0.1, 0.15) is 0 Å². The summed E-state index contributed by atoms with van der Waals surface area (Å²) in [7, 11) is 0. The Labute approximate surface area is 117 Å². The maximum Gasteiger partial charge on any atom is -0.0149 e. The Morgan fingerprint density at radius 2 is 1.21 bits per heavy atom. The molecule has 102 valence electrons. The first-order valence-electron chi connectivity index (χ1n) is 7.47. The lowest BCUT2D eigenvalue weighted by Gasteiger charge is -2.16. The summed E-state index contributed by atoms with van der Waals surface area (Å²) in [6, 6.07) is 11.7. The second-order valence-corrected chi connectivity index (χ2v) is 6.55. The van der Waals surface area contributed by atoms with Crippen LogP contribution >= 0.6 is 0 Å². The van der Waals surface area contributed by atoms with Crippen LogP contribution in [-0.2, 0) is 0 Å². The Balaban J connectivity index is 2.72. The number of rotatable bonds is 3. The van der Waals surface area contributed by atoms with Crippen molar-refractivity contribution in [3.63, 3.8) is 0 Å². The van der Waals surface area contributed by atoms with Gasteiger partial charge < -0.3 is 0 Å². The molecule has 0 atom stereocenters. The van der Waals surface area contributed by atoms with Crippen LogP contribution in [0.25, 0.3) is 10.8 Å². The van der Waals surface area contributed by atoms with Crippen LogP contribution < -0.4 is 0 Å². The second kappa shape index (κ2) is 5.36. The van der Waals surface area contributed by atoms with Crippen LogP contribution in [0.3, 0.4) is 0 Å². The first-order valence-corrected chi connectivity index (χ1v) is 7.47. The summed E-state index contributed by atoms with van der Waals surface area (Å²) in [5, 5.41) is 2.82. The fraction of sp³-hybridized carbons (Fsp3) is 0.474. The highest BCUT2D eigenvalue weighted by Gasteiger charge is 2.11. The van der Waals surface area contributed by atoms with Crippen LogP contribution in [0.15, 0.2) is 30.3 Å². The predicted molar refractivity (Wildman–Crippen MR) is 86.2 cm³/mol. The summed E-state index contributed by atoms with van der Waals surface area (Å²) in [5.74, 6) is 1.75. The molecule has 0 N–H and O–H groups in total. The summed E-state index contributed by atoms with van der Waals surface area (Å²) < 4.78 is 0. The first-order chi connectivity index (χ1) is 8.90. The molecule has 0 heterocycles. The fourth-order valence-corrected chi connectivity index (χ4v) is 2.61. The van der Waals surface area contributed by atoms with Gasteiger partial charge in [-0.3, -0.25) is 0 Å². The van der Waals surface area contributed by atoms with Crippen molar-refractivity contribution in [1.29, 1.82) is 0 Å². The van der Waals surface area contributed by atoms with E-state index in [1.54, 1.807) is 0 Å². The van der Waals surface area contributed by atoms with E-state index in [0.717, 1.165) is 0 Å². The van der Waals surface area contributed by atoms with E-state index >= 15 is 0 Å². The van der Waals surface area contributed by atoms with E-state index in [2.05, 4.69) is 71.9 Å². The largest absolute Gasteiger partial charge is 0.0587 e. The molecule has 0 saturated carbocycles. The SMILES string of the molecule is CC(C)c1ccc2c(C(C)C)cc(C(C)C)cc2c1. The van der Waals surface area contributed by atoms with E-state index in [1.165, 1.54) is 27.5 Å². The first kappa shape index (κ1) is 14.1. The summed E-state index contributed by atoms with van der Waals surface area (Å²) in [6.07, 6.45) is 0. The molecule has 2 aromatic rings. The van der Waals surface area contributed by atoms with E-state index in [9.17, 15) is 0 Å². The lowest BCUT2D eigenvalue weighted by atomic mass is 9.88. The topological polar surface area (TPSA) is 0 Å². The average molecular weight is 254 g/mol. The van der Waals surface area contributed by atoms with Crippen molar-refractivity contribution in [2.45, 2.75) is 59.3 Å². The summed E-state index contributed by atoms with van der Waals surface area (Å²) in [5.41, 5.74) is 4.37. The van der Waals surface area contributed by atoms with Crippen LogP contribution in [-0.4, -0.2) is 0 Å². The van der Waals surface area contributed by atoms with Crippen molar-refractivity contribution >= 4 is 10.8 Å². The van der Waals surface area contributed by atoms with Crippen LogP contribution in [0.2, 0.25) is 0 Å². The third-order valence-electron chi connectivity index (χ3n) is 3.99. The van der Waals surface area contributed by atoms with Gasteiger partial charge in [-0.1, -0.05) is 71.9 Å². The van der Waals surface area contributed by atoms with Crippen molar-refractivity contribution in [2.75, 3.05) is 0 Å². The number of benzene rings is 2. The molecule has 0 aromatic heterocycles. The molecule has 19 heavy (non-hydrogen) atoms. The zero-order valence-electron chi connectivity index (χ0n) is 13.1. The van der Waals surface area contributed by atoms with Gasteiger partial charge >= 0.3 is 0 Å². The average Bonchev–Trinajstić information content (AvgIpc) is 2.36. The van der Waals surface area contributed by atoms with Crippen LogP contribution in [0.4, 0.5) is 0 Å². The number of fused-ring (bicyclic) bond motifs is 1. The van der Waals surface area contributed by atoms with Crippen LogP contribution in [0.5, 0.6) is 0 Å². The Kier molecular flexibility index (Phi) is 3.99. The van der Waals surface area contributed by atoms with Crippen molar-refractivity contribution in [1.82, 2.24) is 0 Å². The highest BCUT2D eigenvalue weighted by Crippen LogP contribution is 2.31. The lowest BCUT2D eigenvalue weighted by molar-refractivity contribution is 0.840. The molecule has 0 radical (unpaired) electrons. The number of hydrogen-bond donors (Lipinski definition) is 0. The molecule has 2 aromatic carbocycles. The van der Waals surface area contributed by atoms with Gasteiger partial charge in [-0.25, -0.2) is 0 Å². The highest BCUT2D eigenvalue weighted by molar-refractivity contribution is 5.87. The van der Waals surface area contributed by atoms with Crippen LogP contribution in [0.1, 0.15) is 76.0 Å². The highest BCUT2D eigenvalue weighted by atomic mass is 14.2. The molecular weight excluding hydrogens is 228 g/mol. The molecule has 0 spiro atoms. The van der Waals surface area contributed by atoms with Gasteiger partial charge in [-0.05, 0) is 45.2 Å². The minimum atomic E-state index is 0.575. The van der Waals surface area contributed by atoms with Crippen molar-refractivity contribution in [2.24, 2.45) is 0 Å². The monoisotopic (exact) mass is 254 g/mol. The summed E-state index contributed by atoms with van der Waals surface area (Å²) in [6.45, 7) is 13.6. The van der Waals surface area contributed by atoms with E-state index in [0.29, 0.717) is 17.8 Å². The standard InChI is InChI=1S/C19H26/c1-12(2)15-7-8-18-17(9-15)10-16(13(3)4)11-19(18)14(5)6/h7-14H,1-6H3. The predicted octanol–water partition coefficient (Wildman–Crippen LogP) is 6.21. The van der Waals surface area contributed by atoms with Gasteiger partial charge in [0.05, 0.1) is 0 Å². The van der Waals surface area contributed by atoms with Crippen molar-refractivity contribution in [3.8, 4) is 0 Å². The number of hydrogen-bond acceptors (Lipinski definition) is 0. The van der Waals surface area contributed by atoms with Gasteiger partial charge in [-0.2, -0.15) is 0 Å². The minimum Gasteiger partial charge on any atom is -0.0587 e. The maximum atomic E-state index is 2.40. The van der Waals surface area contributed by atoms with E-state index < -0.39 is 0 Å². The molecule has 0 unspecified atom stereocenters. The molecule has 0 aliphatic carbocycles. The van der Waals surface area contributed by atoms with Crippen molar-refractivity contribution < 1.29 is 0 Å². The van der Waals surface area contributed by atoms with E-state index in [-0.39, 0.29) is 0 Å². The molecule has 0 saturated heterocycles. The molecular formula is C19H26. The third kappa shape index (κ3) is 2.83. The molecule has 0 fully saturated rings. The second-order valence-electron chi connectivity index (χ2n) is 6.55. The third-order valence-corrected chi connectivity index (χ3v) is 3.99. The molecule has 0 nitrogen and oxygen atoms in total. The molecule has 0 heteroatoms. The zero-order valence-corrected chi connectivity index (χ0v) is 13.1. The smallest absolute Gasteiger partial charge is 0.0149 e.